The van der Waals surface area contributed by atoms with Crippen molar-refractivity contribution in [2.75, 3.05) is 0 Å². The highest BCUT2D eigenvalue weighted by Crippen LogP contribution is 2.36. The first-order chi connectivity index (χ1) is 9.74. The van der Waals surface area contributed by atoms with Gasteiger partial charge in [-0.15, -0.1) is 0 Å². The molecular formula is C18H37OP. The molecule has 20 heavy (non-hydrogen) atoms. The van der Waals surface area contributed by atoms with E-state index in [0.717, 1.165) is 19.3 Å². The molecule has 0 bridgehead atoms. The highest BCUT2D eigenvalue weighted by molar-refractivity contribution is 7.26. The predicted octanol–water partition coefficient (Wildman–Crippen LogP) is 7.54. The molecule has 0 aromatic rings. The van der Waals surface area contributed by atoms with Gasteiger partial charge in [-0.05, 0) is 19.3 Å². The molecule has 0 N–H and O–H groups in total. The van der Waals surface area contributed by atoms with Crippen molar-refractivity contribution in [1.29, 1.82) is 0 Å². The second kappa shape index (κ2) is 14.1. The molecule has 0 aromatic heterocycles. The quantitative estimate of drug-likeness (QED) is 0.225. The summed E-state index contributed by atoms with van der Waals surface area (Å²) < 4.78 is 11.3. The van der Waals surface area contributed by atoms with E-state index in [9.17, 15) is 4.57 Å². The average molecular weight is 300 g/mol. The number of hydrogen-bond acceptors (Lipinski definition) is 1. The molecule has 0 saturated heterocycles. The number of rotatable bonds is 15. The van der Waals surface area contributed by atoms with Crippen LogP contribution in [0.2, 0.25) is 0 Å². The van der Waals surface area contributed by atoms with E-state index in [2.05, 4.69) is 20.8 Å². The third kappa shape index (κ3) is 9.92. The lowest BCUT2D eigenvalue weighted by Crippen LogP contribution is -2.18. The van der Waals surface area contributed by atoms with Crippen LogP contribution in [-0.4, -0.2) is 5.16 Å². The van der Waals surface area contributed by atoms with Crippen LogP contribution in [0.3, 0.4) is 0 Å². The Labute approximate surface area is 129 Å². The Morgan fingerprint density at radius 3 is 1.40 bits per heavy atom. The van der Waals surface area contributed by atoms with E-state index in [0.29, 0.717) is 8.46 Å². The van der Waals surface area contributed by atoms with Crippen LogP contribution >= 0.6 is 8.46 Å². The Balaban J connectivity index is 3.34. The lowest BCUT2D eigenvalue weighted by atomic mass is 9.94. The summed E-state index contributed by atoms with van der Waals surface area (Å²) in [5.74, 6) is 0. The fourth-order valence-corrected chi connectivity index (χ4v) is 3.40. The summed E-state index contributed by atoms with van der Waals surface area (Å²) in [6.07, 6.45) is 18.5. The Bertz CT molecular complexity index is 211. The van der Waals surface area contributed by atoms with E-state index in [1.54, 1.807) is 0 Å². The molecule has 0 unspecified atom stereocenters. The van der Waals surface area contributed by atoms with Crippen molar-refractivity contribution in [2.45, 2.75) is 116 Å². The highest BCUT2D eigenvalue weighted by Gasteiger charge is 2.25. The summed E-state index contributed by atoms with van der Waals surface area (Å²) in [6, 6.07) is 0. The number of hydrogen-bond donors (Lipinski definition) is 0. The summed E-state index contributed by atoms with van der Waals surface area (Å²) in [6.45, 7) is 6.62. The summed E-state index contributed by atoms with van der Waals surface area (Å²) in [4.78, 5) is 0. The van der Waals surface area contributed by atoms with Gasteiger partial charge in [0.15, 0.2) is 8.46 Å². The van der Waals surface area contributed by atoms with Crippen molar-refractivity contribution in [3.8, 4) is 0 Å². The van der Waals surface area contributed by atoms with E-state index >= 15 is 0 Å². The van der Waals surface area contributed by atoms with Crippen LogP contribution in [0.5, 0.6) is 0 Å². The Morgan fingerprint density at radius 2 is 1.05 bits per heavy atom. The second-order valence-corrected chi connectivity index (χ2v) is 7.44. The standard InChI is InChI=1S/C18H37OP/c1-4-7-8-9-10-11-12-13-14-15-16-17-18(5-2,6-3)20-19/h4-17H2,1-3H3. The molecule has 0 aromatic carbocycles. The van der Waals surface area contributed by atoms with Crippen LogP contribution in [-0.2, 0) is 4.57 Å². The van der Waals surface area contributed by atoms with Gasteiger partial charge in [-0.1, -0.05) is 91.4 Å². The zero-order valence-electron chi connectivity index (χ0n) is 14.3. The van der Waals surface area contributed by atoms with Gasteiger partial charge in [0.1, 0.15) is 0 Å². The Hall–Kier alpha value is 0.100. The van der Waals surface area contributed by atoms with Crippen LogP contribution in [0.25, 0.3) is 0 Å². The first kappa shape index (κ1) is 20.1. The largest absolute Gasteiger partial charge is 0.274 e. The molecule has 120 valence electrons. The molecule has 0 saturated carbocycles. The van der Waals surface area contributed by atoms with Crippen molar-refractivity contribution >= 4 is 8.46 Å². The minimum Gasteiger partial charge on any atom is -0.274 e. The second-order valence-electron chi connectivity index (χ2n) is 6.31. The van der Waals surface area contributed by atoms with Crippen molar-refractivity contribution in [2.24, 2.45) is 0 Å². The summed E-state index contributed by atoms with van der Waals surface area (Å²) in [5, 5.41) is 0.0826. The van der Waals surface area contributed by atoms with Crippen LogP contribution in [0.1, 0.15) is 111 Å². The van der Waals surface area contributed by atoms with Gasteiger partial charge in [-0.2, -0.15) is 0 Å². The summed E-state index contributed by atoms with van der Waals surface area (Å²) in [5.41, 5.74) is 0. The highest BCUT2D eigenvalue weighted by atomic mass is 31.1. The van der Waals surface area contributed by atoms with Crippen molar-refractivity contribution in [3.05, 3.63) is 0 Å². The van der Waals surface area contributed by atoms with Crippen molar-refractivity contribution < 1.29 is 4.57 Å². The lowest BCUT2D eigenvalue weighted by Gasteiger charge is -2.23. The SMILES string of the molecule is CCCCCCCCCCCCCC(CC)(CC)P=O. The predicted molar refractivity (Wildman–Crippen MR) is 92.0 cm³/mol. The molecule has 0 heterocycles. The summed E-state index contributed by atoms with van der Waals surface area (Å²) >= 11 is 0. The van der Waals surface area contributed by atoms with Gasteiger partial charge in [-0.3, -0.25) is 4.57 Å². The van der Waals surface area contributed by atoms with Gasteiger partial charge in [0.05, 0.1) is 5.16 Å². The van der Waals surface area contributed by atoms with E-state index in [-0.39, 0.29) is 5.16 Å². The molecule has 1 nitrogen and oxygen atoms in total. The molecular weight excluding hydrogens is 263 g/mol. The van der Waals surface area contributed by atoms with Crippen molar-refractivity contribution in [1.82, 2.24) is 0 Å². The van der Waals surface area contributed by atoms with Gasteiger partial charge >= 0.3 is 0 Å². The molecule has 0 atom stereocenters. The molecule has 0 fully saturated rings. The van der Waals surface area contributed by atoms with Crippen LogP contribution in [0.4, 0.5) is 0 Å². The third-order valence-electron chi connectivity index (χ3n) is 4.76. The van der Waals surface area contributed by atoms with Crippen LogP contribution in [0.15, 0.2) is 0 Å². The zero-order valence-corrected chi connectivity index (χ0v) is 15.1. The Kier molecular flexibility index (Phi) is 14.1. The minimum absolute atomic E-state index is 0.0826. The van der Waals surface area contributed by atoms with Gasteiger partial charge in [0.25, 0.3) is 0 Å². The molecule has 0 radical (unpaired) electrons. The van der Waals surface area contributed by atoms with Gasteiger partial charge < -0.3 is 0 Å². The molecule has 0 aliphatic heterocycles. The van der Waals surface area contributed by atoms with Gasteiger partial charge in [-0.25, -0.2) is 0 Å². The summed E-state index contributed by atoms with van der Waals surface area (Å²) in [7, 11) is 0.365. The van der Waals surface area contributed by atoms with E-state index in [1.807, 2.05) is 0 Å². The van der Waals surface area contributed by atoms with E-state index < -0.39 is 0 Å². The smallest absolute Gasteiger partial charge is 0.162 e. The van der Waals surface area contributed by atoms with E-state index in [4.69, 9.17) is 0 Å². The van der Waals surface area contributed by atoms with Crippen LogP contribution < -0.4 is 0 Å². The first-order valence-electron chi connectivity index (χ1n) is 9.09. The fourth-order valence-electron chi connectivity index (χ4n) is 2.90. The van der Waals surface area contributed by atoms with Crippen LogP contribution in [0, 0.1) is 0 Å². The molecule has 0 aliphatic carbocycles. The Morgan fingerprint density at radius 1 is 0.650 bits per heavy atom. The van der Waals surface area contributed by atoms with Crippen molar-refractivity contribution in [3.63, 3.8) is 0 Å². The van der Waals surface area contributed by atoms with Gasteiger partial charge in [0, 0.05) is 0 Å². The maximum Gasteiger partial charge on any atom is 0.162 e. The normalized spacial score (nSPS) is 12.2. The molecule has 0 rings (SSSR count). The maximum atomic E-state index is 11.3. The average Bonchev–Trinajstić information content (AvgIpc) is 2.49. The fraction of sp³-hybridized carbons (Fsp3) is 1.00. The molecule has 0 amide bonds. The lowest BCUT2D eigenvalue weighted by molar-refractivity contribution is 0.446. The number of unbranched alkanes of at least 4 members (excludes halogenated alkanes) is 10. The minimum atomic E-state index is 0.0826. The monoisotopic (exact) mass is 300 g/mol. The first-order valence-corrected chi connectivity index (χ1v) is 9.90. The third-order valence-corrected chi connectivity index (χ3v) is 6.00. The van der Waals surface area contributed by atoms with E-state index in [1.165, 1.54) is 70.6 Å². The zero-order chi connectivity index (χ0) is 15.1. The van der Waals surface area contributed by atoms with Gasteiger partial charge in [0.2, 0.25) is 0 Å². The maximum absolute atomic E-state index is 11.3. The molecule has 2 heteroatoms. The molecule has 0 spiro atoms. The molecule has 0 aliphatic rings. The topological polar surface area (TPSA) is 17.1 Å².